The van der Waals surface area contributed by atoms with Gasteiger partial charge in [0.2, 0.25) is 0 Å². The van der Waals surface area contributed by atoms with E-state index in [2.05, 4.69) is 238 Å². The first-order valence-electron chi connectivity index (χ1n) is 22.7. The van der Waals surface area contributed by atoms with Crippen LogP contribution in [0.4, 0.5) is 51.2 Å². The van der Waals surface area contributed by atoms with Crippen LogP contribution in [0.2, 0.25) is 0 Å². The van der Waals surface area contributed by atoms with Gasteiger partial charge in [-0.3, -0.25) is 0 Å². The summed E-state index contributed by atoms with van der Waals surface area (Å²) in [5.74, 6) is 0. The highest BCUT2D eigenvalue weighted by Crippen LogP contribution is 2.51. The molecule has 0 unspecified atom stereocenters. The van der Waals surface area contributed by atoms with Gasteiger partial charge in [0.05, 0.1) is 5.69 Å². The fraction of sp³-hybridized carbons (Fsp3) is 0.100. The minimum absolute atomic E-state index is 0.0616. The van der Waals surface area contributed by atoms with Crippen LogP contribution in [-0.2, 0) is 0 Å². The Balaban J connectivity index is 1.24. The molecule has 0 N–H and O–H groups in total. The van der Waals surface area contributed by atoms with Gasteiger partial charge in [-0.2, -0.15) is 0 Å². The van der Waals surface area contributed by atoms with Gasteiger partial charge in [-0.25, -0.2) is 0 Å². The van der Waals surface area contributed by atoms with Crippen LogP contribution < -0.4 is 31.1 Å². The third kappa shape index (κ3) is 6.29. The van der Waals surface area contributed by atoms with Gasteiger partial charge in [0, 0.05) is 61.8 Å². The second-order valence-electron chi connectivity index (χ2n) is 18.3. The van der Waals surface area contributed by atoms with Crippen LogP contribution in [0, 0.1) is 41.5 Å². The Labute approximate surface area is 381 Å². The average Bonchev–Trinajstić information content (AvgIpc) is 3.70. The number of aryl methyl sites for hydroxylation is 6. The number of anilines is 9. The first-order valence-corrected chi connectivity index (χ1v) is 22.7. The summed E-state index contributed by atoms with van der Waals surface area (Å²) < 4.78 is 6.57. The number of fused-ring (bicyclic) bond motifs is 7. The zero-order valence-electron chi connectivity index (χ0n) is 37.6. The van der Waals surface area contributed by atoms with Crippen LogP contribution >= 0.6 is 0 Å². The summed E-state index contributed by atoms with van der Waals surface area (Å²) in [5.41, 5.74) is 25.6. The molecule has 0 spiro atoms. The van der Waals surface area contributed by atoms with Gasteiger partial charge in [0.1, 0.15) is 11.2 Å². The fourth-order valence-corrected chi connectivity index (χ4v) is 10.5. The molecular formula is C60H48BN3O. The predicted molar refractivity (Wildman–Crippen MR) is 276 cm³/mol. The van der Waals surface area contributed by atoms with Gasteiger partial charge in [-0.15, -0.1) is 0 Å². The number of furan rings is 1. The molecule has 0 saturated carbocycles. The van der Waals surface area contributed by atoms with Crippen LogP contribution in [0.3, 0.4) is 0 Å². The van der Waals surface area contributed by atoms with E-state index in [1.54, 1.807) is 0 Å². The van der Waals surface area contributed by atoms with Gasteiger partial charge in [0.25, 0.3) is 6.71 Å². The van der Waals surface area contributed by atoms with Gasteiger partial charge >= 0.3 is 0 Å². The van der Waals surface area contributed by atoms with E-state index in [1.807, 2.05) is 0 Å². The molecule has 2 aliphatic rings. The average molecular weight is 838 g/mol. The number of rotatable bonds is 6. The van der Waals surface area contributed by atoms with E-state index >= 15 is 0 Å². The number of para-hydroxylation sites is 1. The molecule has 0 fully saturated rings. The SMILES string of the molecule is Cc1ccc(N(c2ccc(C)cc2)c2cc3c4c(c2)N(c2ccc(C)cc2)c2c(cc(C)cc2-c2cccc5oc6ccccc6c25)B4c2cc(C)ccc2N3c2ccc(C)cc2)cc1. The van der Waals surface area contributed by atoms with Crippen molar-refractivity contribution in [2.75, 3.05) is 14.7 Å². The van der Waals surface area contributed by atoms with Crippen molar-refractivity contribution >= 4 is 96.2 Å². The number of nitrogens with zero attached hydrogens (tertiary/aromatic N) is 3. The van der Waals surface area contributed by atoms with Crippen LogP contribution in [-0.4, -0.2) is 6.71 Å². The smallest absolute Gasteiger partial charge is 0.252 e. The molecule has 312 valence electrons. The van der Waals surface area contributed by atoms with E-state index in [1.165, 1.54) is 72.4 Å². The number of benzene rings is 9. The number of hydrogen-bond acceptors (Lipinski definition) is 4. The Bertz CT molecular complexity index is 3450. The summed E-state index contributed by atoms with van der Waals surface area (Å²) in [6.45, 7) is 13.1. The molecule has 0 amide bonds. The Morgan fingerprint density at radius 1 is 0.400 bits per heavy atom. The van der Waals surface area contributed by atoms with Crippen molar-refractivity contribution in [1.29, 1.82) is 0 Å². The highest BCUT2D eigenvalue weighted by Gasteiger charge is 2.45. The van der Waals surface area contributed by atoms with Crippen LogP contribution in [0.1, 0.15) is 33.4 Å². The van der Waals surface area contributed by atoms with E-state index in [4.69, 9.17) is 4.42 Å². The van der Waals surface area contributed by atoms with E-state index in [0.29, 0.717) is 0 Å². The zero-order chi connectivity index (χ0) is 44.1. The Hall–Kier alpha value is -7.76. The Morgan fingerprint density at radius 2 is 0.938 bits per heavy atom. The Morgan fingerprint density at radius 3 is 1.58 bits per heavy atom. The van der Waals surface area contributed by atoms with Crippen LogP contribution in [0.5, 0.6) is 0 Å². The lowest BCUT2D eigenvalue weighted by Crippen LogP contribution is -2.61. The van der Waals surface area contributed by atoms with Gasteiger partial charge in [-0.1, -0.05) is 130 Å². The van der Waals surface area contributed by atoms with Crippen molar-refractivity contribution in [1.82, 2.24) is 0 Å². The van der Waals surface area contributed by atoms with E-state index in [-0.39, 0.29) is 6.71 Å². The molecule has 65 heavy (non-hydrogen) atoms. The van der Waals surface area contributed by atoms with Crippen molar-refractivity contribution in [2.45, 2.75) is 41.5 Å². The first-order chi connectivity index (χ1) is 31.7. The molecule has 0 atom stereocenters. The minimum atomic E-state index is -0.0616. The molecule has 0 saturated heterocycles. The van der Waals surface area contributed by atoms with Crippen LogP contribution in [0.25, 0.3) is 33.1 Å². The van der Waals surface area contributed by atoms with Crippen molar-refractivity contribution in [3.8, 4) is 11.1 Å². The molecule has 9 aromatic carbocycles. The molecule has 12 rings (SSSR count). The first kappa shape index (κ1) is 38.9. The molecule has 0 aliphatic carbocycles. The Kier molecular flexibility index (Phi) is 8.93. The number of hydrogen-bond donors (Lipinski definition) is 0. The largest absolute Gasteiger partial charge is 0.456 e. The lowest BCUT2D eigenvalue weighted by atomic mass is 9.33. The lowest BCUT2D eigenvalue weighted by molar-refractivity contribution is 0.669. The molecule has 3 heterocycles. The maximum Gasteiger partial charge on any atom is 0.252 e. The topological polar surface area (TPSA) is 22.9 Å². The predicted octanol–water partition coefficient (Wildman–Crippen LogP) is 14.7. The summed E-state index contributed by atoms with van der Waals surface area (Å²) in [6, 6.07) is 67.8. The third-order valence-corrected chi connectivity index (χ3v) is 13.6. The molecule has 5 heteroatoms. The monoisotopic (exact) mass is 837 g/mol. The fourth-order valence-electron chi connectivity index (χ4n) is 10.5. The summed E-state index contributed by atoms with van der Waals surface area (Å²) in [6.07, 6.45) is 0. The summed E-state index contributed by atoms with van der Waals surface area (Å²) in [4.78, 5) is 7.52. The summed E-state index contributed by atoms with van der Waals surface area (Å²) in [7, 11) is 0. The summed E-state index contributed by atoms with van der Waals surface area (Å²) in [5, 5.41) is 2.26. The minimum Gasteiger partial charge on any atom is -0.456 e. The van der Waals surface area contributed by atoms with Gasteiger partial charge in [0.15, 0.2) is 0 Å². The molecule has 2 aliphatic heterocycles. The van der Waals surface area contributed by atoms with E-state index < -0.39 is 0 Å². The summed E-state index contributed by atoms with van der Waals surface area (Å²) >= 11 is 0. The molecule has 0 radical (unpaired) electrons. The molecule has 10 aromatic rings. The third-order valence-electron chi connectivity index (χ3n) is 13.6. The zero-order valence-corrected chi connectivity index (χ0v) is 37.6. The second-order valence-corrected chi connectivity index (χ2v) is 18.3. The van der Waals surface area contributed by atoms with Gasteiger partial charge < -0.3 is 19.1 Å². The van der Waals surface area contributed by atoms with E-state index in [0.717, 1.165) is 61.6 Å². The van der Waals surface area contributed by atoms with Gasteiger partial charge in [-0.05, 0) is 148 Å². The lowest BCUT2D eigenvalue weighted by Gasteiger charge is -2.46. The quantitative estimate of drug-likeness (QED) is 0.156. The maximum atomic E-state index is 6.57. The normalized spacial score (nSPS) is 12.7. The van der Waals surface area contributed by atoms with Crippen molar-refractivity contribution in [2.24, 2.45) is 0 Å². The molecular weight excluding hydrogens is 789 g/mol. The standard InChI is InChI=1S/C60H48BN3O/c1-37-14-23-43(24-15-37)62(44-25-16-38(2)17-26-44)47-35-54-59-55(36-47)64(46-29-20-40(4)21-30-46)60-50(48-11-9-13-57-58(48)49-10-7-8-12-56(49)65-57)32-42(6)34-52(60)61(59)51-33-41(5)22-31-53(51)63(54)45-27-18-39(3)19-28-45/h7-36H,1-6H3. The molecule has 1 aromatic heterocycles. The maximum absolute atomic E-state index is 6.57. The molecule has 4 nitrogen and oxygen atoms in total. The van der Waals surface area contributed by atoms with Crippen molar-refractivity contribution in [3.05, 3.63) is 215 Å². The van der Waals surface area contributed by atoms with Crippen molar-refractivity contribution in [3.63, 3.8) is 0 Å². The second kappa shape index (κ2) is 14.9. The van der Waals surface area contributed by atoms with Crippen molar-refractivity contribution < 1.29 is 4.42 Å². The molecule has 0 bridgehead atoms. The highest BCUT2D eigenvalue weighted by molar-refractivity contribution is 7.00. The highest BCUT2D eigenvalue weighted by atomic mass is 16.3. The van der Waals surface area contributed by atoms with E-state index in [9.17, 15) is 0 Å². The van der Waals surface area contributed by atoms with Crippen LogP contribution in [0.15, 0.2) is 186 Å².